The van der Waals surface area contributed by atoms with Gasteiger partial charge in [0.2, 0.25) is 5.91 Å². The molecular formula is C22H24N6O3. The third-order valence-corrected chi connectivity index (χ3v) is 6.41. The third kappa shape index (κ3) is 3.35. The zero-order valence-corrected chi connectivity index (χ0v) is 17.4. The summed E-state index contributed by atoms with van der Waals surface area (Å²) in [6, 6.07) is 9.50. The first-order chi connectivity index (χ1) is 15.0. The van der Waals surface area contributed by atoms with E-state index in [1.807, 2.05) is 35.4 Å². The van der Waals surface area contributed by atoms with Crippen molar-refractivity contribution in [2.45, 2.75) is 19.5 Å². The summed E-state index contributed by atoms with van der Waals surface area (Å²) in [5.74, 6) is 0.0858. The predicted octanol–water partition coefficient (Wildman–Crippen LogP) is 0.979. The lowest BCUT2D eigenvalue weighted by Gasteiger charge is -2.18. The number of carbonyl (C=O) groups excluding carboxylic acids is 3. The molecule has 9 nitrogen and oxygen atoms in total. The van der Waals surface area contributed by atoms with Crippen LogP contribution in [0.4, 0.5) is 0 Å². The number of aromatic amines is 1. The molecule has 0 spiro atoms. The van der Waals surface area contributed by atoms with E-state index in [1.165, 1.54) is 13.1 Å². The topological polar surface area (TPSA) is 112 Å². The molecule has 0 bridgehead atoms. The summed E-state index contributed by atoms with van der Waals surface area (Å²) in [5, 5.41) is 11.1. The number of likely N-dealkylation sites (tertiary alicyclic amines) is 1. The Balaban J connectivity index is 1.38. The first kappa shape index (κ1) is 19.3. The second-order valence-electron chi connectivity index (χ2n) is 8.26. The number of hydrogen-bond donors (Lipinski definition) is 3. The van der Waals surface area contributed by atoms with Gasteiger partial charge in [-0.3, -0.25) is 19.1 Å². The second kappa shape index (κ2) is 7.26. The Hall–Kier alpha value is -3.62. The number of nitrogens with zero attached hydrogens (tertiary/aromatic N) is 3. The lowest BCUT2D eigenvalue weighted by atomic mass is 10.1. The molecule has 0 unspecified atom stereocenters. The Labute approximate surface area is 178 Å². The smallest absolute Gasteiger partial charge is 0.271 e. The molecule has 1 aliphatic carbocycles. The molecule has 1 aromatic carbocycles. The molecule has 3 N–H and O–H groups in total. The van der Waals surface area contributed by atoms with Gasteiger partial charge in [0.1, 0.15) is 5.69 Å². The summed E-state index contributed by atoms with van der Waals surface area (Å²) < 4.78 is 1.59. The van der Waals surface area contributed by atoms with Crippen molar-refractivity contribution < 1.29 is 14.4 Å². The number of amides is 3. The highest BCUT2D eigenvalue weighted by Gasteiger charge is 2.57. The van der Waals surface area contributed by atoms with Crippen LogP contribution in [0.15, 0.2) is 36.5 Å². The van der Waals surface area contributed by atoms with Crippen LogP contribution in [0.25, 0.3) is 10.9 Å². The average molecular weight is 420 g/mol. The van der Waals surface area contributed by atoms with Crippen molar-refractivity contribution in [3.63, 3.8) is 0 Å². The highest BCUT2D eigenvalue weighted by atomic mass is 16.2. The molecule has 31 heavy (non-hydrogen) atoms. The fourth-order valence-electron chi connectivity index (χ4n) is 4.63. The number of nitrogens with one attached hydrogen (secondary N) is 3. The SMILES string of the molecule is CNC(=O)c1cc(C(=O)N[C@H]2[C@@H]3CN(C(C)=O)C[C@@H]32)n(Cc2cccc3[nH]ccc23)n1. The summed E-state index contributed by atoms with van der Waals surface area (Å²) >= 11 is 0. The number of fused-ring (bicyclic) bond motifs is 2. The van der Waals surface area contributed by atoms with Crippen LogP contribution in [0.2, 0.25) is 0 Å². The standard InChI is InChI=1S/C22H24N6O3/c1-12(29)27-10-15-16(11-27)20(15)25-22(31)19-8-18(21(30)23-2)26-28(19)9-13-4-3-5-17-14(13)6-7-24-17/h3-8,15-16,20,24H,9-11H2,1-2H3,(H,23,30)(H,25,31)/t15-,16+,20+. The maximum atomic E-state index is 13.1. The minimum atomic E-state index is -0.340. The third-order valence-electron chi connectivity index (χ3n) is 6.41. The van der Waals surface area contributed by atoms with Crippen molar-refractivity contribution in [1.29, 1.82) is 0 Å². The number of piperidine rings is 1. The maximum Gasteiger partial charge on any atom is 0.271 e. The van der Waals surface area contributed by atoms with Crippen LogP contribution in [0.5, 0.6) is 0 Å². The largest absolute Gasteiger partial charge is 0.361 e. The number of carbonyl (C=O) groups is 3. The fourth-order valence-corrected chi connectivity index (χ4v) is 4.63. The molecule has 3 aromatic rings. The molecule has 9 heteroatoms. The normalized spacial score (nSPS) is 21.7. The van der Waals surface area contributed by atoms with E-state index in [0.717, 1.165) is 16.5 Å². The number of rotatable bonds is 5. The van der Waals surface area contributed by atoms with Gasteiger partial charge < -0.3 is 20.5 Å². The summed E-state index contributed by atoms with van der Waals surface area (Å²) in [7, 11) is 1.54. The number of H-pyrrole nitrogens is 1. The molecular weight excluding hydrogens is 396 g/mol. The summed E-state index contributed by atoms with van der Waals surface area (Å²) in [6.07, 6.45) is 1.87. The van der Waals surface area contributed by atoms with Crippen LogP contribution in [0.1, 0.15) is 33.5 Å². The van der Waals surface area contributed by atoms with E-state index in [2.05, 4.69) is 20.7 Å². The minimum absolute atomic E-state index is 0.0583. The molecule has 160 valence electrons. The Kier molecular flexibility index (Phi) is 4.53. The van der Waals surface area contributed by atoms with E-state index in [4.69, 9.17) is 0 Å². The van der Waals surface area contributed by atoms with E-state index >= 15 is 0 Å². The summed E-state index contributed by atoms with van der Waals surface area (Å²) in [5.41, 5.74) is 2.55. The molecule has 2 aromatic heterocycles. The first-order valence-corrected chi connectivity index (χ1v) is 10.4. The Morgan fingerprint density at radius 2 is 1.94 bits per heavy atom. The van der Waals surface area contributed by atoms with Gasteiger partial charge in [-0.25, -0.2) is 0 Å². The lowest BCUT2D eigenvalue weighted by molar-refractivity contribution is -0.128. The minimum Gasteiger partial charge on any atom is -0.361 e. The van der Waals surface area contributed by atoms with Gasteiger partial charge in [0.15, 0.2) is 5.69 Å². The van der Waals surface area contributed by atoms with Crippen molar-refractivity contribution in [3.8, 4) is 0 Å². The van der Waals surface area contributed by atoms with E-state index < -0.39 is 0 Å². The monoisotopic (exact) mass is 420 g/mol. The van der Waals surface area contributed by atoms with Gasteiger partial charge >= 0.3 is 0 Å². The number of benzene rings is 1. The average Bonchev–Trinajstić information content (AvgIpc) is 3.25. The molecule has 0 radical (unpaired) electrons. The maximum absolute atomic E-state index is 13.1. The van der Waals surface area contributed by atoms with Crippen molar-refractivity contribution in [3.05, 3.63) is 53.5 Å². The van der Waals surface area contributed by atoms with Crippen LogP contribution >= 0.6 is 0 Å². The summed E-state index contributed by atoms with van der Waals surface area (Å²) in [4.78, 5) is 41.8. The zero-order chi connectivity index (χ0) is 21.7. The predicted molar refractivity (Wildman–Crippen MR) is 114 cm³/mol. The second-order valence-corrected chi connectivity index (χ2v) is 8.26. The fraction of sp³-hybridized carbons (Fsp3) is 0.364. The van der Waals surface area contributed by atoms with E-state index in [-0.39, 0.29) is 29.5 Å². The number of hydrogen-bond acceptors (Lipinski definition) is 4. The van der Waals surface area contributed by atoms with E-state index in [0.29, 0.717) is 37.2 Å². The lowest BCUT2D eigenvalue weighted by Crippen LogP contribution is -2.37. The molecule has 2 fully saturated rings. The van der Waals surface area contributed by atoms with Gasteiger partial charge in [-0.05, 0) is 17.7 Å². The van der Waals surface area contributed by atoms with Gasteiger partial charge in [-0.15, -0.1) is 0 Å². The molecule has 3 atom stereocenters. The van der Waals surface area contributed by atoms with Gasteiger partial charge in [0.25, 0.3) is 11.8 Å². The molecule has 3 heterocycles. The van der Waals surface area contributed by atoms with Crippen molar-refractivity contribution in [2.24, 2.45) is 11.8 Å². The Morgan fingerprint density at radius 3 is 2.65 bits per heavy atom. The van der Waals surface area contributed by atoms with Gasteiger partial charge in [0, 0.05) is 68.1 Å². The quantitative estimate of drug-likeness (QED) is 0.571. The molecule has 2 aliphatic rings. The molecule has 1 aliphatic heterocycles. The zero-order valence-electron chi connectivity index (χ0n) is 17.4. The highest BCUT2D eigenvalue weighted by molar-refractivity contribution is 5.98. The van der Waals surface area contributed by atoms with Crippen molar-refractivity contribution in [2.75, 3.05) is 20.1 Å². The van der Waals surface area contributed by atoms with Crippen LogP contribution in [0, 0.1) is 11.8 Å². The molecule has 3 amide bonds. The molecule has 1 saturated carbocycles. The Bertz CT molecular complexity index is 1180. The van der Waals surface area contributed by atoms with Crippen LogP contribution in [0.3, 0.4) is 0 Å². The van der Waals surface area contributed by atoms with Gasteiger partial charge in [-0.1, -0.05) is 12.1 Å². The van der Waals surface area contributed by atoms with Gasteiger partial charge in [0.05, 0.1) is 6.54 Å². The van der Waals surface area contributed by atoms with Crippen molar-refractivity contribution >= 4 is 28.6 Å². The van der Waals surface area contributed by atoms with Crippen LogP contribution in [-0.2, 0) is 11.3 Å². The number of aromatic nitrogens is 3. The van der Waals surface area contributed by atoms with E-state index in [9.17, 15) is 14.4 Å². The van der Waals surface area contributed by atoms with Crippen LogP contribution in [-0.4, -0.2) is 63.6 Å². The first-order valence-electron chi connectivity index (χ1n) is 10.4. The van der Waals surface area contributed by atoms with Crippen molar-refractivity contribution in [1.82, 2.24) is 30.3 Å². The Morgan fingerprint density at radius 1 is 1.16 bits per heavy atom. The molecule has 5 rings (SSSR count). The highest BCUT2D eigenvalue weighted by Crippen LogP contribution is 2.45. The van der Waals surface area contributed by atoms with Crippen LogP contribution < -0.4 is 10.6 Å². The molecule has 1 saturated heterocycles. The van der Waals surface area contributed by atoms with Gasteiger partial charge in [-0.2, -0.15) is 5.10 Å². The van der Waals surface area contributed by atoms with E-state index in [1.54, 1.807) is 11.6 Å². The summed E-state index contributed by atoms with van der Waals surface area (Å²) in [6.45, 7) is 3.30.